The van der Waals surface area contributed by atoms with Crippen molar-refractivity contribution in [3.8, 4) is 6.07 Å². The van der Waals surface area contributed by atoms with Crippen LogP contribution in [0.15, 0.2) is 18.3 Å². The predicted octanol–water partition coefficient (Wildman–Crippen LogP) is 1.87. The van der Waals surface area contributed by atoms with Crippen molar-refractivity contribution in [3.05, 3.63) is 23.9 Å². The van der Waals surface area contributed by atoms with Crippen molar-refractivity contribution in [2.75, 3.05) is 45.2 Å². The molecule has 0 aliphatic carbocycles. The first-order valence-electron chi connectivity index (χ1n) is 8.84. The van der Waals surface area contributed by atoms with Crippen molar-refractivity contribution < 1.29 is 4.79 Å². The fraction of sp³-hybridized carbons (Fsp3) is 0.632. The smallest absolute Gasteiger partial charge is 0.223 e. The van der Waals surface area contributed by atoms with Gasteiger partial charge in [0.2, 0.25) is 5.91 Å². The Hall–Kier alpha value is -2.13. The quantitative estimate of drug-likeness (QED) is 0.854. The summed E-state index contributed by atoms with van der Waals surface area (Å²) in [5.74, 6) is 1.12. The van der Waals surface area contributed by atoms with E-state index in [1.165, 1.54) is 0 Å². The number of aromatic nitrogens is 1. The Morgan fingerprint density at radius 3 is 2.60 bits per heavy atom. The van der Waals surface area contributed by atoms with Gasteiger partial charge in [-0.2, -0.15) is 5.26 Å². The Morgan fingerprint density at radius 2 is 2.08 bits per heavy atom. The van der Waals surface area contributed by atoms with Gasteiger partial charge < -0.3 is 15.1 Å². The second kappa shape index (κ2) is 8.30. The Bertz CT molecular complexity index is 610. The number of nitrogens with one attached hydrogen (secondary N) is 1. The van der Waals surface area contributed by atoms with E-state index < -0.39 is 0 Å². The third-order valence-corrected chi connectivity index (χ3v) is 4.55. The van der Waals surface area contributed by atoms with E-state index in [4.69, 9.17) is 5.26 Å². The SMILES string of the molecule is CN(C)CC(C)(C)CNC(=O)C1CCN(c2ccc(C#N)cn2)CC1. The van der Waals surface area contributed by atoms with Crippen molar-refractivity contribution in [1.82, 2.24) is 15.2 Å². The lowest BCUT2D eigenvalue weighted by atomic mass is 9.91. The number of rotatable bonds is 6. The summed E-state index contributed by atoms with van der Waals surface area (Å²) in [5, 5.41) is 12.0. The summed E-state index contributed by atoms with van der Waals surface area (Å²) in [6.07, 6.45) is 3.27. The molecular weight excluding hydrogens is 314 g/mol. The lowest BCUT2D eigenvalue weighted by Crippen LogP contribution is -2.45. The van der Waals surface area contributed by atoms with E-state index >= 15 is 0 Å². The highest BCUT2D eigenvalue weighted by Crippen LogP contribution is 2.22. The maximum atomic E-state index is 12.5. The maximum Gasteiger partial charge on any atom is 0.223 e. The van der Waals surface area contributed by atoms with Crippen LogP contribution in [0.25, 0.3) is 0 Å². The van der Waals surface area contributed by atoms with Crippen LogP contribution in [0.1, 0.15) is 32.3 Å². The van der Waals surface area contributed by atoms with Gasteiger partial charge in [0.15, 0.2) is 0 Å². The molecule has 2 heterocycles. The molecule has 6 nitrogen and oxygen atoms in total. The van der Waals surface area contributed by atoms with Gasteiger partial charge in [-0.3, -0.25) is 4.79 Å². The first-order chi connectivity index (χ1) is 11.8. The zero-order valence-electron chi connectivity index (χ0n) is 15.7. The van der Waals surface area contributed by atoms with E-state index in [1.54, 1.807) is 12.3 Å². The normalized spacial score (nSPS) is 15.9. The molecule has 1 aliphatic heterocycles. The number of anilines is 1. The van der Waals surface area contributed by atoms with Crippen LogP contribution in [0, 0.1) is 22.7 Å². The van der Waals surface area contributed by atoms with Crippen LogP contribution >= 0.6 is 0 Å². The molecule has 1 amide bonds. The maximum absolute atomic E-state index is 12.5. The molecule has 0 spiro atoms. The minimum Gasteiger partial charge on any atom is -0.357 e. The fourth-order valence-corrected chi connectivity index (χ4v) is 3.39. The van der Waals surface area contributed by atoms with Gasteiger partial charge in [-0.15, -0.1) is 0 Å². The number of carbonyl (C=O) groups is 1. The first kappa shape index (κ1) is 19.2. The van der Waals surface area contributed by atoms with Crippen LogP contribution in [-0.2, 0) is 4.79 Å². The number of nitriles is 1. The molecule has 136 valence electrons. The van der Waals surface area contributed by atoms with Gasteiger partial charge in [-0.1, -0.05) is 13.8 Å². The number of hydrogen-bond donors (Lipinski definition) is 1. The molecule has 25 heavy (non-hydrogen) atoms. The average Bonchev–Trinajstić information content (AvgIpc) is 2.59. The van der Waals surface area contributed by atoms with Crippen molar-refractivity contribution >= 4 is 11.7 Å². The first-order valence-corrected chi connectivity index (χ1v) is 8.84. The summed E-state index contributed by atoms with van der Waals surface area (Å²) in [5.41, 5.74) is 0.630. The van der Waals surface area contributed by atoms with E-state index in [1.807, 2.05) is 6.07 Å². The van der Waals surface area contributed by atoms with Gasteiger partial charge in [0.05, 0.1) is 5.56 Å². The van der Waals surface area contributed by atoms with Crippen LogP contribution in [-0.4, -0.2) is 56.1 Å². The van der Waals surface area contributed by atoms with Crippen molar-refractivity contribution in [2.24, 2.45) is 11.3 Å². The van der Waals surface area contributed by atoms with Crippen LogP contribution < -0.4 is 10.2 Å². The highest BCUT2D eigenvalue weighted by Gasteiger charge is 2.27. The summed E-state index contributed by atoms with van der Waals surface area (Å²) in [6.45, 7) is 7.62. The van der Waals surface area contributed by atoms with Crippen LogP contribution in [0.4, 0.5) is 5.82 Å². The molecule has 0 saturated carbocycles. The second-order valence-corrected chi connectivity index (χ2v) is 7.90. The third-order valence-electron chi connectivity index (χ3n) is 4.55. The molecule has 0 unspecified atom stereocenters. The summed E-state index contributed by atoms with van der Waals surface area (Å²) < 4.78 is 0. The van der Waals surface area contributed by atoms with Crippen molar-refractivity contribution in [3.63, 3.8) is 0 Å². The topological polar surface area (TPSA) is 72.3 Å². The van der Waals surface area contributed by atoms with Crippen LogP contribution in [0.5, 0.6) is 0 Å². The number of amides is 1. The highest BCUT2D eigenvalue weighted by atomic mass is 16.1. The fourth-order valence-electron chi connectivity index (χ4n) is 3.39. The monoisotopic (exact) mass is 343 g/mol. The molecule has 1 N–H and O–H groups in total. The zero-order valence-corrected chi connectivity index (χ0v) is 15.7. The summed E-state index contributed by atoms with van der Waals surface area (Å²) in [4.78, 5) is 21.1. The molecular formula is C19H29N5O. The lowest BCUT2D eigenvalue weighted by molar-refractivity contribution is -0.126. The van der Waals surface area contributed by atoms with Gasteiger partial charge in [-0.05, 0) is 44.5 Å². The Balaban J connectivity index is 1.81. The van der Waals surface area contributed by atoms with Gasteiger partial charge in [0.25, 0.3) is 0 Å². The van der Waals surface area contributed by atoms with Crippen LogP contribution in [0.3, 0.4) is 0 Å². The Labute approximate surface area is 150 Å². The number of pyridine rings is 1. The lowest BCUT2D eigenvalue weighted by Gasteiger charge is -2.33. The predicted molar refractivity (Wildman–Crippen MR) is 99.2 cm³/mol. The van der Waals surface area contributed by atoms with E-state index in [9.17, 15) is 4.79 Å². The van der Waals surface area contributed by atoms with E-state index in [-0.39, 0.29) is 17.2 Å². The summed E-state index contributed by atoms with van der Waals surface area (Å²) in [7, 11) is 4.10. The van der Waals surface area contributed by atoms with Crippen molar-refractivity contribution in [2.45, 2.75) is 26.7 Å². The number of hydrogen-bond acceptors (Lipinski definition) is 5. The molecule has 1 aromatic rings. The van der Waals surface area contributed by atoms with E-state index in [2.05, 4.69) is 54.1 Å². The Kier molecular flexibility index (Phi) is 6.38. The number of nitrogens with zero attached hydrogens (tertiary/aromatic N) is 4. The largest absolute Gasteiger partial charge is 0.357 e. The van der Waals surface area contributed by atoms with Gasteiger partial charge >= 0.3 is 0 Å². The van der Waals surface area contributed by atoms with Crippen molar-refractivity contribution in [1.29, 1.82) is 5.26 Å². The molecule has 2 rings (SSSR count). The molecule has 0 radical (unpaired) electrons. The minimum absolute atomic E-state index is 0.0618. The van der Waals surface area contributed by atoms with E-state index in [0.29, 0.717) is 12.1 Å². The standard InChI is InChI=1S/C19H29N5O/c1-19(2,14-23(3)4)13-22-18(25)16-7-9-24(10-8-16)17-6-5-15(11-20)12-21-17/h5-6,12,16H,7-10,13-14H2,1-4H3,(H,22,25). The van der Waals surface area contributed by atoms with Gasteiger partial charge in [0.1, 0.15) is 11.9 Å². The van der Waals surface area contributed by atoms with E-state index in [0.717, 1.165) is 38.3 Å². The van der Waals surface area contributed by atoms with Gasteiger partial charge in [0, 0.05) is 38.3 Å². The average molecular weight is 343 g/mol. The molecule has 0 atom stereocenters. The number of carbonyl (C=O) groups excluding carboxylic acids is 1. The summed E-state index contributed by atoms with van der Waals surface area (Å²) >= 11 is 0. The Morgan fingerprint density at radius 1 is 1.40 bits per heavy atom. The number of piperidine rings is 1. The summed E-state index contributed by atoms with van der Waals surface area (Å²) in [6, 6.07) is 5.74. The molecule has 0 bridgehead atoms. The highest BCUT2D eigenvalue weighted by molar-refractivity contribution is 5.79. The second-order valence-electron chi connectivity index (χ2n) is 7.90. The third kappa shape index (κ3) is 5.71. The minimum atomic E-state index is 0.0618. The molecule has 0 aromatic carbocycles. The molecule has 1 saturated heterocycles. The molecule has 1 fully saturated rings. The zero-order chi connectivity index (χ0) is 18.4. The molecule has 1 aliphatic rings. The van der Waals surface area contributed by atoms with Crippen LogP contribution in [0.2, 0.25) is 0 Å². The molecule has 6 heteroatoms. The molecule has 1 aromatic heterocycles. The van der Waals surface area contributed by atoms with Gasteiger partial charge in [-0.25, -0.2) is 4.98 Å².